The summed E-state index contributed by atoms with van der Waals surface area (Å²) in [4.78, 5) is 4.92. The van der Waals surface area contributed by atoms with E-state index < -0.39 is 60.4 Å². The Morgan fingerprint density at radius 3 is 1.70 bits per heavy atom. The normalized spacial score (nSPS) is 14.5. The Hall–Kier alpha value is -7.57. The Kier molecular flexibility index (Phi) is 9.06. The molecule has 3 heterocycles. The molecule has 6 nitrogen and oxygen atoms in total. The summed E-state index contributed by atoms with van der Waals surface area (Å²) in [5.41, 5.74) is 6.60. The second kappa shape index (κ2) is 17.7. The maximum atomic E-state index is 9.26. The van der Waals surface area contributed by atoms with E-state index in [0.29, 0.717) is 22.9 Å². The van der Waals surface area contributed by atoms with Crippen LogP contribution < -0.4 is 9.42 Å². The minimum atomic E-state index is -0.586. The van der Waals surface area contributed by atoms with E-state index in [1.807, 2.05) is 54.7 Å². The van der Waals surface area contributed by atoms with Crippen molar-refractivity contribution in [3.63, 3.8) is 0 Å². The molecule has 0 spiro atoms. The van der Waals surface area contributed by atoms with Crippen LogP contribution >= 0.6 is 0 Å². The highest BCUT2D eigenvalue weighted by molar-refractivity contribution is 6.10. The van der Waals surface area contributed by atoms with Crippen molar-refractivity contribution in [2.24, 2.45) is 0 Å². The van der Waals surface area contributed by atoms with E-state index in [1.165, 1.54) is 5.56 Å². The van der Waals surface area contributed by atoms with E-state index in [-0.39, 0.29) is 55.3 Å². The van der Waals surface area contributed by atoms with Crippen molar-refractivity contribution < 1.29 is 23.1 Å². The smallest absolute Gasteiger partial charge is 0.273 e. The van der Waals surface area contributed by atoms with E-state index in [1.54, 1.807) is 27.4 Å². The monoisotopic (exact) mass is 942 g/mol. The van der Waals surface area contributed by atoms with Gasteiger partial charge in [0.15, 0.2) is 5.82 Å². The van der Waals surface area contributed by atoms with Gasteiger partial charge in [0.1, 0.15) is 17.3 Å². The number of hydrogen-bond acceptors (Lipinski definition) is 3. The lowest BCUT2D eigenvalue weighted by molar-refractivity contribution is -0.660. The average Bonchev–Trinajstić information content (AvgIpc) is 4.20. The summed E-state index contributed by atoms with van der Waals surface area (Å²) in [5, 5.41) is 7.42. The Bertz CT molecular complexity index is 4030. The number of nitrogens with zero attached hydrogens (tertiary/aromatic N) is 5. The van der Waals surface area contributed by atoms with Crippen molar-refractivity contribution in [3.8, 4) is 62.3 Å². The highest BCUT2D eigenvalue weighted by Gasteiger charge is 2.26. The summed E-state index contributed by atoms with van der Waals surface area (Å²) in [6.07, 6.45) is 5.35. The number of pyridine rings is 1. The van der Waals surface area contributed by atoms with Gasteiger partial charge in [-0.1, -0.05) is 198 Å². The molecule has 10 aromatic rings. The van der Waals surface area contributed by atoms with Crippen LogP contribution in [0.25, 0.3) is 72.6 Å². The van der Waals surface area contributed by atoms with Crippen molar-refractivity contribution in [3.05, 3.63) is 204 Å². The molecule has 356 valence electrons. The molecule has 0 saturated heterocycles. The summed E-state index contributed by atoms with van der Waals surface area (Å²) in [5.74, 6) is 1.86. The molecule has 71 heavy (non-hydrogen) atoms. The largest absolute Gasteiger partial charge is 0.458 e. The average molecular weight is 942 g/mol. The molecule has 0 aliphatic rings. The molecule has 0 aliphatic heterocycles. The van der Waals surface area contributed by atoms with Crippen molar-refractivity contribution in [2.45, 2.75) is 105 Å². The Balaban J connectivity index is 1.24. The van der Waals surface area contributed by atoms with Gasteiger partial charge < -0.3 is 4.74 Å². The first-order chi connectivity index (χ1) is 37.8. The second-order valence-corrected chi connectivity index (χ2v) is 22.4. The SMILES string of the molecule is [2H]c1c([2H])c([2H])c(-c2cccc(-c3c([2H])c([2H])c([2H])c([2H])c3[2H])c2-c2n[n+](-c3cc(C(C)(C)C)cc(C(C)(C)C)c3)[c-]n2-c2cccc(Oc3ccc4c5cc(C(C)(C)C)ccc5n(-c5cc(C(C)(C)C)ccn5)c4c3)c2)c([2H])c1[2H]. The Morgan fingerprint density at radius 1 is 0.521 bits per heavy atom. The van der Waals surface area contributed by atoms with Gasteiger partial charge in [0.25, 0.3) is 6.33 Å². The third-order valence-electron chi connectivity index (χ3n) is 13.1. The molecule has 0 atom stereocenters. The predicted octanol–water partition coefficient (Wildman–Crippen LogP) is 16.4. The minimum Gasteiger partial charge on any atom is -0.458 e. The molecule has 0 amide bonds. The molecular formula is C65H65N5O. The Morgan fingerprint density at radius 2 is 1.10 bits per heavy atom. The van der Waals surface area contributed by atoms with Crippen LogP contribution in [0.3, 0.4) is 0 Å². The van der Waals surface area contributed by atoms with Gasteiger partial charge in [-0.2, -0.15) is 4.68 Å². The lowest BCUT2D eigenvalue weighted by Gasteiger charge is -2.26. The summed E-state index contributed by atoms with van der Waals surface area (Å²) in [7, 11) is 0. The molecule has 6 heteroatoms. The van der Waals surface area contributed by atoms with Crippen LogP contribution in [0.4, 0.5) is 0 Å². The fourth-order valence-corrected chi connectivity index (χ4v) is 8.95. The number of aromatic nitrogens is 5. The van der Waals surface area contributed by atoms with Gasteiger partial charge in [-0.25, -0.2) is 4.98 Å². The van der Waals surface area contributed by atoms with Gasteiger partial charge in [0.2, 0.25) is 0 Å². The highest BCUT2D eigenvalue weighted by atomic mass is 16.5. The van der Waals surface area contributed by atoms with Crippen LogP contribution in [-0.4, -0.2) is 19.2 Å². The van der Waals surface area contributed by atoms with Crippen LogP contribution in [0.5, 0.6) is 11.5 Å². The van der Waals surface area contributed by atoms with Crippen LogP contribution in [0.2, 0.25) is 0 Å². The van der Waals surface area contributed by atoms with Crippen molar-refractivity contribution in [1.82, 2.24) is 19.2 Å². The van der Waals surface area contributed by atoms with E-state index in [9.17, 15) is 5.48 Å². The minimum absolute atomic E-state index is 0.0951. The molecule has 3 aromatic heterocycles. The van der Waals surface area contributed by atoms with E-state index in [4.69, 9.17) is 23.0 Å². The summed E-state index contributed by atoms with van der Waals surface area (Å²) in [6.45, 7) is 26.0. The van der Waals surface area contributed by atoms with Gasteiger partial charge in [0, 0.05) is 28.6 Å². The molecule has 0 saturated carbocycles. The lowest BCUT2D eigenvalue weighted by atomic mass is 9.80. The summed E-state index contributed by atoms with van der Waals surface area (Å²) in [6, 6.07) is 29.7. The van der Waals surface area contributed by atoms with Crippen LogP contribution in [0, 0.1) is 6.33 Å². The molecule has 0 aliphatic carbocycles. The molecule has 0 unspecified atom stereocenters. The second-order valence-electron chi connectivity index (χ2n) is 22.4. The standard InChI is InChI=1S/C65H65N5O/c1-62(2,3)45-29-32-57-56(38-45)55-31-30-52(41-58(55)70(57)59-39-46(33-34-66-59)63(4,5)6)71-51-26-19-25-49(40-51)68-42-69(50-36-47(64(7,8)9)35-48(37-50)65(10,11)12)67-61(68)60-53(43-21-15-13-16-22-43)27-20-28-54(60)44-23-17-14-18-24-44/h13-41H,1-12H3/i13D,14D,15D,16D,17D,18D,21D,22D,23D,24D. The number of hydrogen-bond donors (Lipinski definition) is 0. The highest BCUT2D eigenvalue weighted by Crippen LogP contribution is 2.42. The van der Waals surface area contributed by atoms with E-state index in [2.05, 4.69) is 136 Å². The van der Waals surface area contributed by atoms with Crippen LogP contribution in [0.1, 0.15) is 119 Å². The number of fused-ring (bicyclic) bond motifs is 3. The van der Waals surface area contributed by atoms with E-state index in [0.717, 1.165) is 44.3 Å². The van der Waals surface area contributed by atoms with Gasteiger partial charge >= 0.3 is 0 Å². The van der Waals surface area contributed by atoms with Crippen LogP contribution in [0.15, 0.2) is 176 Å². The van der Waals surface area contributed by atoms with Crippen molar-refractivity contribution in [2.75, 3.05) is 0 Å². The third-order valence-corrected chi connectivity index (χ3v) is 13.1. The van der Waals surface area contributed by atoms with Gasteiger partial charge in [-0.05, 0) is 115 Å². The quantitative estimate of drug-likeness (QED) is 0.113. The van der Waals surface area contributed by atoms with E-state index >= 15 is 0 Å². The predicted molar refractivity (Wildman–Crippen MR) is 294 cm³/mol. The molecule has 10 rings (SSSR count). The molecule has 0 radical (unpaired) electrons. The maximum absolute atomic E-state index is 9.26. The number of ether oxygens (including phenoxy) is 1. The molecule has 0 fully saturated rings. The molecule has 7 aromatic carbocycles. The first-order valence-corrected chi connectivity index (χ1v) is 24.1. The fraction of sp³-hybridized carbons (Fsp3) is 0.246. The third kappa shape index (κ3) is 9.32. The van der Waals surface area contributed by atoms with Gasteiger partial charge in [0.05, 0.1) is 36.1 Å². The summed E-state index contributed by atoms with van der Waals surface area (Å²) >= 11 is 0. The topological polar surface area (TPSA) is 48.8 Å². The zero-order valence-corrected chi connectivity index (χ0v) is 42.6. The maximum Gasteiger partial charge on any atom is 0.273 e. The molecular weight excluding hydrogens is 867 g/mol. The zero-order chi connectivity index (χ0) is 58.7. The number of benzene rings is 7. The van der Waals surface area contributed by atoms with Gasteiger partial charge in [-0.15, -0.1) is 5.10 Å². The summed E-state index contributed by atoms with van der Waals surface area (Å²) < 4.78 is 101. The molecule has 0 bridgehead atoms. The first kappa shape index (κ1) is 36.4. The number of rotatable bonds is 8. The fourth-order valence-electron chi connectivity index (χ4n) is 8.95. The molecule has 0 N–H and O–H groups in total. The van der Waals surface area contributed by atoms with Crippen LogP contribution in [-0.2, 0) is 21.7 Å². The lowest BCUT2D eigenvalue weighted by Crippen LogP contribution is -2.34. The van der Waals surface area contributed by atoms with Crippen molar-refractivity contribution in [1.29, 1.82) is 0 Å². The van der Waals surface area contributed by atoms with Crippen molar-refractivity contribution >= 4 is 21.8 Å². The van der Waals surface area contributed by atoms with Gasteiger partial charge in [-0.3, -0.25) is 9.13 Å². The Labute approximate surface area is 434 Å². The zero-order valence-electron chi connectivity index (χ0n) is 52.6. The first-order valence-electron chi connectivity index (χ1n) is 29.1.